The average molecular weight is 168 g/mol. The van der Waals surface area contributed by atoms with Crippen molar-refractivity contribution >= 4 is 0 Å². The van der Waals surface area contributed by atoms with Crippen molar-refractivity contribution in [1.82, 2.24) is 9.97 Å². The molecule has 0 spiro atoms. The van der Waals surface area contributed by atoms with Gasteiger partial charge in [0.25, 0.3) is 5.56 Å². The highest BCUT2D eigenvalue weighted by molar-refractivity contribution is 5.14. The first-order valence-corrected chi connectivity index (χ1v) is 3.74. The summed E-state index contributed by atoms with van der Waals surface area (Å²) in [5.74, 6) is 0. The van der Waals surface area contributed by atoms with Gasteiger partial charge in [0, 0.05) is 11.8 Å². The summed E-state index contributed by atoms with van der Waals surface area (Å²) in [6, 6.07) is 0. The number of hydrogen-bond acceptors (Lipinski definition) is 2. The van der Waals surface area contributed by atoms with E-state index in [4.69, 9.17) is 0 Å². The Labute approximate surface area is 69.7 Å². The van der Waals surface area contributed by atoms with E-state index in [9.17, 15) is 9.59 Å². The van der Waals surface area contributed by atoms with E-state index in [1.165, 1.54) is 6.20 Å². The van der Waals surface area contributed by atoms with Gasteiger partial charge in [-0.05, 0) is 5.41 Å². The molecule has 2 N–H and O–H groups in total. The molecule has 0 bridgehead atoms. The Morgan fingerprint density at radius 3 is 2.25 bits per heavy atom. The summed E-state index contributed by atoms with van der Waals surface area (Å²) >= 11 is 0. The molecule has 0 fully saturated rings. The molecule has 0 unspecified atom stereocenters. The Balaban J connectivity index is 3.39. The van der Waals surface area contributed by atoms with E-state index in [1.807, 2.05) is 20.8 Å². The number of hydrogen-bond donors (Lipinski definition) is 2. The van der Waals surface area contributed by atoms with Crippen molar-refractivity contribution in [2.24, 2.45) is 0 Å². The molecule has 0 aliphatic carbocycles. The molecule has 4 heteroatoms. The minimum atomic E-state index is -0.465. The van der Waals surface area contributed by atoms with E-state index < -0.39 is 5.69 Å². The lowest BCUT2D eigenvalue weighted by atomic mass is 9.89. The van der Waals surface area contributed by atoms with Crippen molar-refractivity contribution in [3.8, 4) is 0 Å². The fraction of sp³-hybridized carbons (Fsp3) is 0.500. The van der Waals surface area contributed by atoms with E-state index in [1.54, 1.807) is 0 Å². The van der Waals surface area contributed by atoms with Crippen LogP contribution in [0.25, 0.3) is 0 Å². The highest BCUT2D eigenvalue weighted by atomic mass is 16.2. The molecule has 1 rings (SSSR count). The monoisotopic (exact) mass is 168 g/mol. The van der Waals surface area contributed by atoms with Crippen LogP contribution in [0.5, 0.6) is 0 Å². The predicted octanol–water partition coefficient (Wildman–Crippen LogP) is 0.361. The van der Waals surface area contributed by atoms with Crippen molar-refractivity contribution < 1.29 is 0 Å². The predicted molar refractivity (Wildman–Crippen MR) is 46.4 cm³/mol. The summed E-state index contributed by atoms with van der Waals surface area (Å²) < 4.78 is 0. The van der Waals surface area contributed by atoms with E-state index in [0.29, 0.717) is 5.56 Å². The van der Waals surface area contributed by atoms with Crippen molar-refractivity contribution in [3.05, 3.63) is 32.6 Å². The second kappa shape index (κ2) is 2.62. The van der Waals surface area contributed by atoms with Crippen LogP contribution < -0.4 is 11.2 Å². The summed E-state index contributed by atoms with van der Waals surface area (Å²) in [5, 5.41) is 0. The Morgan fingerprint density at radius 2 is 1.83 bits per heavy atom. The normalized spacial score (nSPS) is 11.6. The van der Waals surface area contributed by atoms with Crippen LogP contribution in [0.3, 0.4) is 0 Å². The zero-order valence-corrected chi connectivity index (χ0v) is 7.39. The SMILES string of the molecule is CC(C)(C)c1c[nH]c(=O)[nH]c1=O. The molecule has 1 heterocycles. The zero-order valence-electron chi connectivity index (χ0n) is 7.39. The smallest absolute Gasteiger partial charge is 0.314 e. The maximum absolute atomic E-state index is 11.2. The second-order valence-electron chi connectivity index (χ2n) is 3.74. The third-order valence-electron chi connectivity index (χ3n) is 1.63. The highest BCUT2D eigenvalue weighted by Crippen LogP contribution is 2.15. The molecule has 1 aromatic rings. The standard InChI is InChI=1S/C8H12N2O2/c1-8(2,3)5-4-9-7(12)10-6(5)11/h4H,1-3H3,(H2,9,10,11,12). The Morgan fingerprint density at radius 1 is 1.25 bits per heavy atom. The number of aromatic nitrogens is 2. The molecule has 0 radical (unpaired) electrons. The van der Waals surface area contributed by atoms with Crippen molar-refractivity contribution in [2.45, 2.75) is 26.2 Å². The summed E-state index contributed by atoms with van der Waals surface area (Å²) in [4.78, 5) is 26.5. The van der Waals surface area contributed by atoms with Crippen LogP contribution in [-0.4, -0.2) is 9.97 Å². The van der Waals surface area contributed by atoms with Gasteiger partial charge in [0.15, 0.2) is 0 Å². The van der Waals surface area contributed by atoms with Gasteiger partial charge in [-0.3, -0.25) is 9.78 Å². The van der Waals surface area contributed by atoms with Crippen LogP contribution in [-0.2, 0) is 5.41 Å². The lowest BCUT2D eigenvalue weighted by molar-refractivity contribution is 0.576. The Hall–Kier alpha value is -1.32. The Bertz CT molecular complexity index is 381. The van der Waals surface area contributed by atoms with Gasteiger partial charge in [0.05, 0.1) is 0 Å². The molecule has 0 aromatic carbocycles. The van der Waals surface area contributed by atoms with E-state index in [2.05, 4.69) is 9.97 Å². The first-order valence-electron chi connectivity index (χ1n) is 3.74. The number of aromatic amines is 2. The van der Waals surface area contributed by atoms with Crippen LogP contribution in [0.4, 0.5) is 0 Å². The molecule has 12 heavy (non-hydrogen) atoms. The maximum Gasteiger partial charge on any atom is 0.325 e. The number of H-pyrrole nitrogens is 2. The molecule has 4 nitrogen and oxygen atoms in total. The Kier molecular flexibility index (Phi) is 1.92. The largest absolute Gasteiger partial charge is 0.325 e. The first-order chi connectivity index (χ1) is 5.41. The van der Waals surface area contributed by atoms with Gasteiger partial charge in [0.1, 0.15) is 0 Å². The molecule has 0 atom stereocenters. The van der Waals surface area contributed by atoms with E-state index in [-0.39, 0.29) is 11.0 Å². The van der Waals surface area contributed by atoms with Gasteiger partial charge in [-0.2, -0.15) is 0 Å². The fourth-order valence-corrected chi connectivity index (χ4v) is 0.967. The lowest BCUT2D eigenvalue weighted by Gasteiger charge is -2.16. The average Bonchev–Trinajstić information content (AvgIpc) is 1.83. The van der Waals surface area contributed by atoms with Crippen LogP contribution in [0.1, 0.15) is 26.3 Å². The van der Waals surface area contributed by atoms with Gasteiger partial charge >= 0.3 is 5.69 Å². The van der Waals surface area contributed by atoms with Crippen LogP contribution in [0, 0.1) is 0 Å². The molecular formula is C8H12N2O2. The lowest BCUT2D eigenvalue weighted by Crippen LogP contribution is -2.30. The van der Waals surface area contributed by atoms with Gasteiger partial charge in [-0.15, -0.1) is 0 Å². The number of rotatable bonds is 0. The maximum atomic E-state index is 11.2. The molecule has 0 saturated heterocycles. The fourth-order valence-electron chi connectivity index (χ4n) is 0.967. The molecule has 0 aliphatic heterocycles. The highest BCUT2D eigenvalue weighted by Gasteiger charge is 2.17. The summed E-state index contributed by atoms with van der Waals surface area (Å²) in [5.41, 5.74) is -0.432. The summed E-state index contributed by atoms with van der Waals surface area (Å²) in [7, 11) is 0. The van der Waals surface area contributed by atoms with Crippen LogP contribution in [0.15, 0.2) is 15.8 Å². The molecular weight excluding hydrogens is 156 g/mol. The van der Waals surface area contributed by atoms with Crippen LogP contribution in [0.2, 0.25) is 0 Å². The van der Waals surface area contributed by atoms with Gasteiger partial charge in [0.2, 0.25) is 0 Å². The van der Waals surface area contributed by atoms with Crippen molar-refractivity contribution in [3.63, 3.8) is 0 Å². The van der Waals surface area contributed by atoms with Crippen molar-refractivity contribution in [2.75, 3.05) is 0 Å². The minimum absolute atomic E-state index is 0.238. The van der Waals surface area contributed by atoms with Crippen LogP contribution >= 0.6 is 0 Å². The third-order valence-corrected chi connectivity index (χ3v) is 1.63. The second-order valence-corrected chi connectivity index (χ2v) is 3.74. The van der Waals surface area contributed by atoms with Gasteiger partial charge < -0.3 is 4.98 Å². The topological polar surface area (TPSA) is 65.7 Å². The zero-order chi connectivity index (χ0) is 9.35. The van der Waals surface area contributed by atoms with Crippen molar-refractivity contribution in [1.29, 1.82) is 0 Å². The van der Waals surface area contributed by atoms with Gasteiger partial charge in [-0.25, -0.2) is 4.79 Å². The molecule has 0 amide bonds. The molecule has 1 aromatic heterocycles. The third kappa shape index (κ3) is 1.64. The van der Waals surface area contributed by atoms with E-state index in [0.717, 1.165) is 0 Å². The quantitative estimate of drug-likeness (QED) is 0.587. The number of nitrogens with one attached hydrogen (secondary N) is 2. The van der Waals surface area contributed by atoms with E-state index >= 15 is 0 Å². The summed E-state index contributed by atoms with van der Waals surface area (Å²) in [6.45, 7) is 5.74. The van der Waals surface area contributed by atoms with Gasteiger partial charge in [-0.1, -0.05) is 20.8 Å². The summed E-state index contributed by atoms with van der Waals surface area (Å²) in [6.07, 6.45) is 1.46. The first kappa shape index (κ1) is 8.77. The molecule has 66 valence electrons. The molecule has 0 aliphatic rings. The minimum Gasteiger partial charge on any atom is -0.314 e. The molecule has 0 saturated carbocycles.